The maximum absolute atomic E-state index is 10.2. The molecule has 2 saturated carbocycles. The van der Waals surface area contributed by atoms with Crippen molar-refractivity contribution in [2.45, 2.75) is 111 Å². The summed E-state index contributed by atoms with van der Waals surface area (Å²) in [5, 5.41) is 10.2. The molecule has 4 atom stereocenters. The van der Waals surface area contributed by atoms with E-state index < -0.39 is 5.60 Å². The monoisotopic (exact) mass is 376 g/mol. The minimum absolute atomic E-state index is 0.234. The molecule has 2 unspecified atom stereocenters. The molecule has 0 aliphatic heterocycles. The summed E-state index contributed by atoms with van der Waals surface area (Å²) in [6.45, 7) is 17.5. The number of ether oxygens (including phenoxy) is 1. The third-order valence-corrected chi connectivity index (χ3v) is 7.45. The van der Waals surface area contributed by atoms with Crippen molar-refractivity contribution in [3.8, 4) is 0 Å². The van der Waals surface area contributed by atoms with E-state index in [-0.39, 0.29) is 11.5 Å². The van der Waals surface area contributed by atoms with Crippen LogP contribution in [0.4, 0.5) is 0 Å². The second-order valence-corrected chi connectivity index (χ2v) is 10.8. The Hall–Kier alpha value is -0.760. The molecular formula is C25H44O2. The van der Waals surface area contributed by atoms with E-state index in [1.807, 2.05) is 20.1 Å². The maximum Gasteiger partial charge on any atom is 0.0922 e. The van der Waals surface area contributed by atoms with Crippen LogP contribution < -0.4 is 0 Å². The lowest BCUT2D eigenvalue weighted by Gasteiger charge is -2.49. The van der Waals surface area contributed by atoms with Crippen molar-refractivity contribution in [3.63, 3.8) is 0 Å². The summed E-state index contributed by atoms with van der Waals surface area (Å²) in [4.78, 5) is 0. The Morgan fingerprint density at radius 1 is 1.26 bits per heavy atom. The van der Waals surface area contributed by atoms with Gasteiger partial charge in [0.1, 0.15) is 0 Å². The first-order chi connectivity index (χ1) is 12.5. The normalized spacial score (nSPS) is 31.3. The second kappa shape index (κ2) is 8.72. The van der Waals surface area contributed by atoms with Gasteiger partial charge in [-0.3, -0.25) is 0 Å². The van der Waals surface area contributed by atoms with Crippen molar-refractivity contribution in [2.75, 3.05) is 0 Å². The zero-order chi connectivity index (χ0) is 20.3. The van der Waals surface area contributed by atoms with Gasteiger partial charge in [-0.05, 0) is 108 Å². The summed E-state index contributed by atoms with van der Waals surface area (Å²) in [5.41, 5.74) is 1.58. The maximum atomic E-state index is 10.2. The molecule has 2 heteroatoms. The molecule has 0 bridgehead atoms. The van der Waals surface area contributed by atoms with Gasteiger partial charge in [0.2, 0.25) is 0 Å². The lowest BCUT2D eigenvalue weighted by Crippen LogP contribution is -2.41. The fourth-order valence-corrected chi connectivity index (χ4v) is 6.14. The second-order valence-electron chi connectivity index (χ2n) is 10.8. The third kappa shape index (κ3) is 5.62. The van der Waals surface area contributed by atoms with Gasteiger partial charge >= 0.3 is 0 Å². The summed E-state index contributed by atoms with van der Waals surface area (Å²) in [5.74, 6) is 1.43. The summed E-state index contributed by atoms with van der Waals surface area (Å²) in [6, 6.07) is 0. The predicted molar refractivity (Wildman–Crippen MR) is 116 cm³/mol. The molecule has 2 fully saturated rings. The van der Waals surface area contributed by atoms with Crippen LogP contribution in [-0.4, -0.2) is 16.8 Å². The minimum atomic E-state index is -0.571. The Morgan fingerprint density at radius 3 is 2.59 bits per heavy atom. The van der Waals surface area contributed by atoms with Crippen molar-refractivity contribution in [1.82, 2.24) is 0 Å². The van der Waals surface area contributed by atoms with E-state index in [0.717, 1.165) is 25.2 Å². The number of allylic oxidation sites excluding steroid dienone is 2. The lowest BCUT2D eigenvalue weighted by molar-refractivity contribution is 0.0191. The highest BCUT2D eigenvalue weighted by Gasteiger charge is 2.54. The van der Waals surface area contributed by atoms with Gasteiger partial charge in [-0.2, -0.15) is 0 Å². The molecule has 0 amide bonds. The molecule has 0 aromatic heterocycles. The minimum Gasteiger partial charge on any atom is -0.499 e. The Bertz CT molecular complexity index is 527. The third-order valence-electron chi connectivity index (χ3n) is 7.45. The first-order valence-electron chi connectivity index (χ1n) is 11.2. The van der Waals surface area contributed by atoms with Crippen molar-refractivity contribution in [3.05, 3.63) is 24.5 Å². The predicted octanol–water partition coefficient (Wildman–Crippen LogP) is 7.04. The number of rotatable bonds is 9. The topological polar surface area (TPSA) is 29.5 Å². The fourth-order valence-electron chi connectivity index (χ4n) is 6.14. The molecular weight excluding hydrogens is 332 g/mol. The van der Waals surface area contributed by atoms with Crippen LogP contribution in [0.15, 0.2) is 24.5 Å². The summed E-state index contributed by atoms with van der Waals surface area (Å²) in [7, 11) is 0. The highest BCUT2D eigenvalue weighted by Crippen LogP contribution is 2.63. The Balaban J connectivity index is 2.17. The van der Waals surface area contributed by atoms with E-state index in [4.69, 9.17) is 4.74 Å². The summed E-state index contributed by atoms with van der Waals surface area (Å²) < 4.78 is 5.67. The van der Waals surface area contributed by atoms with Crippen LogP contribution in [0.2, 0.25) is 0 Å². The number of fused-ring (bicyclic) bond motifs is 1. The van der Waals surface area contributed by atoms with Gasteiger partial charge in [0.15, 0.2) is 0 Å². The molecule has 2 rings (SSSR count). The SMILES string of the molecule is C=C1CCCC2(C)C1CC[C@@H]2[C@](C)(C/C=C\OC(C)C)CCCC(C)(C)O. The van der Waals surface area contributed by atoms with Crippen molar-refractivity contribution in [2.24, 2.45) is 22.7 Å². The van der Waals surface area contributed by atoms with E-state index in [1.165, 1.54) is 44.1 Å². The molecule has 0 aromatic rings. The van der Waals surface area contributed by atoms with Gasteiger partial charge in [0.25, 0.3) is 0 Å². The van der Waals surface area contributed by atoms with Gasteiger partial charge in [-0.1, -0.05) is 32.4 Å². The molecule has 27 heavy (non-hydrogen) atoms. The Morgan fingerprint density at radius 2 is 1.96 bits per heavy atom. The summed E-state index contributed by atoms with van der Waals surface area (Å²) >= 11 is 0. The first-order valence-corrected chi connectivity index (χ1v) is 11.2. The van der Waals surface area contributed by atoms with Gasteiger partial charge in [0.05, 0.1) is 18.0 Å². The van der Waals surface area contributed by atoms with E-state index in [2.05, 4.69) is 40.3 Å². The average Bonchev–Trinajstić information content (AvgIpc) is 2.89. The highest BCUT2D eigenvalue weighted by molar-refractivity contribution is 5.17. The molecule has 1 N–H and O–H groups in total. The van der Waals surface area contributed by atoms with Crippen LogP contribution in [-0.2, 0) is 4.74 Å². The molecule has 0 heterocycles. The van der Waals surface area contributed by atoms with Gasteiger partial charge in [0, 0.05) is 0 Å². The highest BCUT2D eigenvalue weighted by atomic mass is 16.5. The quantitative estimate of drug-likeness (QED) is 0.345. The van der Waals surface area contributed by atoms with Crippen molar-refractivity contribution in [1.29, 1.82) is 0 Å². The van der Waals surface area contributed by atoms with Crippen LogP contribution in [0.1, 0.15) is 99.3 Å². The Labute approximate surface area is 168 Å². The van der Waals surface area contributed by atoms with Crippen LogP contribution in [0.5, 0.6) is 0 Å². The standard InChI is InChI=1S/C25H44O2/c1-19(2)27-18-10-16-24(6,15-9-14-23(4,5)26)22-13-12-21-20(3)11-8-17-25(21,22)7/h10,18-19,21-22,26H,3,8-9,11-17H2,1-2,4-7H3/b18-10-/t21?,22-,24+,25?/m1/s1. The lowest BCUT2D eigenvalue weighted by atomic mass is 9.55. The molecule has 2 nitrogen and oxygen atoms in total. The molecule has 2 aliphatic rings. The average molecular weight is 377 g/mol. The van der Waals surface area contributed by atoms with E-state index in [0.29, 0.717) is 11.3 Å². The summed E-state index contributed by atoms with van der Waals surface area (Å²) in [6.07, 6.45) is 15.1. The molecule has 2 aliphatic carbocycles. The van der Waals surface area contributed by atoms with E-state index >= 15 is 0 Å². The van der Waals surface area contributed by atoms with Gasteiger partial charge in [-0.25, -0.2) is 0 Å². The number of aliphatic hydroxyl groups is 1. The van der Waals surface area contributed by atoms with Gasteiger partial charge < -0.3 is 9.84 Å². The molecule has 0 aromatic carbocycles. The van der Waals surface area contributed by atoms with Crippen molar-refractivity contribution >= 4 is 0 Å². The van der Waals surface area contributed by atoms with Crippen LogP contribution >= 0.6 is 0 Å². The van der Waals surface area contributed by atoms with Crippen LogP contribution in [0.3, 0.4) is 0 Å². The van der Waals surface area contributed by atoms with E-state index in [9.17, 15) is 5.11 Å². The molecule has 0 saturated heterocycles. The van der Waals surface area contributed by atoms with E-state index in [1.54, 1.807) is 0 Å². The van der Waals surface area contributed by atoms with Crippen LogP contribution in [0, 0.1) is 22.7 Å². The number of hydrogen-bond donors (Lipinski definition) is 1. The smallest absolute Gasteiger partial charge is 0.0922 e. The molecule has 0 spiro atoms. The van der Waals surface area contributed by atoms with Crippen LogP contribution in [0.25, 0.3) is 0 Å². The largest absolute Gasteiger partial charge is 0.499 e. The van der Waals surface area contributed by atoms with Gasteiger partial charge in [-0.15, -0.1) is 0 Å². The Kier molecular flexibility index (Phi) is 7.28. The first kappa shape index (κ1) is 22.5. The zero-order valence-corrected chi connectivity index (χ0v) is 18.8. The molecule has 156 valence electrons. The molecule has 0 radical (unpaired) electrons. The zero-order valence-electron chi connectivity index (χ0n) is 18.8. The van der Waals surface area contributed by atoms with Crippen molar-refractivity contribution < 1.29 is 9.84 Å². The fraction of sp³-hybridized carbons (Fsp3) is 0.840. The number of hydrogen-bond acceptors (Lipinski definition) is 2.